The number of nitrogens with zero attached hydrogens (tertiary/aromatic N) is 2. The van der Waals surface area contributed by atoms with Gasteiger partial charge in [0.25, 0.3) is 0 Å². The van der Waals surface area contributed by atoms with Crippen molar-refractivity contribution in [3.05, 3.63) is 0 Å². The maximum atomic E-state index is 12.1. The molecule has 0 aromatic heterocycles. The van der Waals surface area contributed by atoms with Gasteiger partial charge in [-0.2, -0.15) is 0 Å². The Hall–Kier alpha value is -0.610. The van der Waals surface area contributed by atoms with Gasteiger partial charge < -0.3 is 15.1 Å². The van der Waals surface area contributed by atoms with Crippen LogP contribution in [-0.4, -0.2) is 61.0 Å². The first kappa shape index (κ1) is 12.8. The van der Waals surface area contributed by atoms with Crippen LogP contribution in [0.1, 0.15) is 26.7 Å². The third-order valence-corrected chi connectivity index (χ3v) is 4.24. The van der Waals surface area contributed by atoms with Crippen molar-refractivity contribution >= 4 is 5.91 Å². The van der Waals surface area contributed by atoms with Crippen molar-refractivity contribution < 1.29 is 4.79 Å². The van der Waals surface area contributed by atoms with E-state index >= 15 is 0 Å². The van der Waals surface area contributed by atoms with Crippen molar-refractivity contribution in [1.82, 2.24) is 15.1 Å². The zero-order valence-electron chi connectivity index (χ0n) is 11.1. The minimum Gasteiger partial charge on any atom is -0.342 e. The summed E-state index contributed by atoms with van der Waals surface area (Å²) in [7, 11) is 0. The summed E-state index contributed by atoms with van der Waals surface area (Å²) in [5.41, 5.74) is 0. The molecule has 1 amide bonds. The van der Waals surface area contributed by atoms with Crippen molar-refractivity contribution in [2.75, 3.05) is 39.3 Å². The number of carbonyl (C=O) groups excluding carboxylic acids is 1. The van der Waals surface area contributed by atoms with Gasteiger partial charge in [-0.3, -0.25) is 4.79 Å². The zero-order chi connectivity index (χ0) is 12.3. The highest BCUT2D eigenvalue weighted by atomic mass is 16.2. The predicted octanol–water partition coefficient (Wildman–Crippen LogP) is 0.539. The second-order valence-corrected chi connectivity index (χ2v) is 5.13. The lowest BCUT2D eigenvalue weighted by Gasteiger charge is -2.40. The van der Waals surface area contributed by atoms with E-state index in [0.717, 1.165) is 52.1 Å². The molecular weight excluding hydrogens is 214 g/mol. The Morgan fingerprint density at radius 2 is 1.82 bits per heavy atom. The highest BCUT2D eigenvalue weighted by Crippen LogP contribution is 2.19. The molecule has 0 aliphatic carbocycles. The Kier molecular flexibility index (Phi) is 4.40. The largest absolute Gasteiger partial charge is 0.342 e. The lowest BCUT2D eigenvalue weighted by molar-refractivity contribution is -0.138. The topological polar surface area (TPSA) is 35.6 Å². The summed E-state index contributed by atoms with van der Waals surface area (Å²) in [6, 6.07) is 0.688. The number of hydrogen-bond acceptors (Lipinski definition) is 3. The van der Waals surface area contributed by atoms with Gasteiger partial charge in [-0.25, -0.2) is 0 Å². The van der Waals surface area contributed by atoms with Crippen LogP contribution in [0.4, 0.5) is 0 Å². The quantitative estimate of drug-likeness (QED) is 0.778. The molecule has 4 heteroatoms. The smallest absolute Gasteiger partial charge is 0.228 e. The van der Waals surface area contributed by atoms with Crippen molar-refractivity contribution in [2.24, 2.45) is 5.92 Å². The Labute approximate surface area is 104 Å². The summed E-state index contributed by atoms with van der Waals surface area (Å²) < 4.78 is 0. The van der Waals surface area contributed by atoms with Crippen LogP contribution in [0.25, 0.3) is 0 Å². The van der Waals surface area contributed by atoms with Gasteiger partial charge in [-0.15, -0.1) is 0 Å². The molecule has 2 saturated heterocycles. The van der Waals surface area contributed by atoms with Crippen molar-refractivity contribution in [1.29, 1.82) is 0 Å². The third-order valence-electron chi connectivity index (χ3n) is 4.24. The average molecular weight is 239 g/mol. The number of carbonyl (C=O) groups is 1. The first-order valence-corrected chi connectivity index (χ1v) is 6.99. The Bertz CT molecular complexity index is 253. The van der Waals surface area contributed by atoms with Crippen LogP contribution in [0.2, 0.25) is 0 Å². The minimum atomic E-state index is 0.264. The van der Waals surface area contributed by atoms with Crippen LogP contribution >= 0.6 is 0 Å². The summed E-state index contributed by atoms with van der Waals surface area (Å²) in [6.07, 6.45) is 2.29. The van der Waals surface area contributed by atoms with E-state index < -0.39 is 0 Å². The standard InChI is InChI=1S/C13H25N3O/c1-3-15(4-2)12-5-7-16(8-6-12)13(17)11-9-14-10-11/h11-12,14H,3-10H2,1-2H3. The summed E-state index contributed by atoms with van der Waals surface area (Å²) in [4.78, 5) is 16.7. The zero-order valence-corrected chi connectivity index (χ0v) is 11.1. The fourth-order valence-corrected chi connectivity index (χ4v) is 2.91. The second kappa shape index (κ2) is 5.83. The summed E-state index contributed by atoms with van der Waals surface area (Å²) in [5, 5.41) is 3.17. The van der Waals surface area contributed by atoms with Crippen molar-refractivity contribution in [2.45, 2.75) is 32.7 Å². The maximum Gasteiger partial charge on any atom is 0.228 e. The van der Waals surface area contributed by atoms with E-state index in [2.05, 4.69) is 29.0 Å². The molecule has 98 valence electrons. The summed E-state index contributed by atoms with van der Waals surface area (Å²) >= 11 is 0. The molecule has 17 heavy (non-hydrogen) atoms. The number of hydrogen-bond donors (Lipinski definition) is 1. The number of rotatable bonds is 4. The molecule has 0 aromatic carbocycles. The van der Waals surface area contributed by atoms with Gasteiger partial charge in [0.05, 0.1) is 5.92 Å². The molecule has 2 rings (SSSR count). The van der Waals surface area contributed by atoms with E-state index in [1.165, 1.54) is 0 Å². The molecule has 2 fully saturated rings. The lowest BCUT2D eigenvalue weighted by Crippen LogP contribution is -2.55. The molecule has 0 saturated carbocycles. The highest BCUT2D eigenvalue weighted by molar-refractivity contribution is 5.80. The fraction of sp³-hybridized carbons (Fsp3) is 0.923. The second-order valence-electron chi connectivity index (χ2n) is 5.13. The van der Waals surface area contributed by atoms with E-state index in [9.17, 15) is 4.79 Å². The van der Waals surface area contributed by atoms with Crippen LogP contribution in [0.3, 0.4) is 0 Å². The average Bonchev–Trinajstić information content (AvgIpc) is 2.29. The van der Waals surface area contributed by atoms with Crippen LogP contribution in [-0.2, 0) is 4.79 Å². The van der Waals surface area contributed by atoms with Crippen LogP contribution in [0.5, 0.6) is 0 Å². The van der Waals surface area contributed by atoms with Gasteiger partial charge in [0.2, 0.25) is 5.91 Å². The normalized spacial score (nSPS) is 22.9. The van der Waals surface area contributed by atoms with Crippen LogP contribution in [0.15, 0.2) is 0 Å². The van der Waals surface area contributed by atoms with Gasteiger partial charge in [0.1, 0.15) is 0 Å². The molecule has 0 spiro atoms. The Morgan fingerprint density at radius 1 is 1.24 bits per heavy atom. The summed E-state index contributed by atoms with van der Waals surface area (Å²) in [6.45, 7) is 10.4. The molecule has 0 aromatic rings. The van der Waals surface area contributed by atoms with Crippen LogP contribution in [0, 0.1) is 5.92 Å². The molecule has 0 atom stereocenters. The fourth-order valence-electron chi connectivity index (χ4n) is 2.91. The monoisotopic (exact) mass is 239 g/mol. The Morgan fingerprint density at radius 3 is 2.24 bits per heavy atom. The first-order valence-electron chi connectivity index (χ1n) is 6.99. The van der Waals surface area contributed by atoms with Gasteiger partial charge in [-0.1, -0.05) is 13.8 Å². The third kappa shape index (κ3) is 2.80. The molecule has 0 bridgehead atoms. The van der Waals surface area contributed by atoms with Crippen molar-refractivity contribution in [3.63, 3.8) is 0 Å². The summed E-state index contributed by atoms with van der Waals surface area (Å²) in [5.74, 6) is 0.641. The molecular formula is C13H25N3O. The minimum absolute atomic E-state index is 0.264. The lowest BCUT2D eigenvalue weighted by atomic mass is 9.98. The Balaban J connectivity index is 1.78. The SMILES string of the molecule is CCN(CC)C1CCN(C(=O)C2CNC2)CC1. The van der Waals surface area contributed by atoms with E-state index in [1.807, 2.05) is 0 Å². The molecule has 0 unspecified atom stereocenters. The molecule has 2 heterocycles. The number of amides is 1. The van der Waals surface area contributed by atoms with E-state index in [4.69, 9.17) is 0 Å². The molecule has 2 aliphatic heterocycles. The number of likely N-dealkylation sites (tertiary alicyclic amines) is 1. The van der Waals surface area contributed by atoms with Crippen molar-refractivity contribution in [3.8, 4) is 0 Å². The van der Waals surface area contributed by atoms with Gasteiger partial charge in [0.15, 0.2) is 0 Å². The van der Waals surface area contributed by atoms with Gasteiger partial charge in [-0.05, 0) is 25.9 Å². The highest BCUT2D eigenvalue weighted by Gasteiger charge is 2.32. The molecule has 4 nitrogen and oxygen atoms in total. The van der Waals surface area contributed by atoms with Gasteiger partial charge >= 0.3 is 0 Å². The number of nitrogens with one attached hydrogen (secondary N) is 1. The first-order chi connectivity index (χ1) is 8.26. The van der Waals surface area contributed by atoms with Crippen LogP contribution < -0.4 is 5.32 Å². The molecule has 2 aliphatic rings. The van der Waals surface area contributed by atoms with E-state index in [0.29, 0.717) is 11.9 Å². The molecule has 0 radical (unpaired) electrons. The van der Waals surface area contributed by atoms with E-state index in [1.54, 1.807) is 0 Å². The predicted molar refractivity (Wildman–Crippen MR) is 68.9 cm³/mol. The number of piperidine rings is 1. The molecule has 1 N–H and O–H groups in total. The van der Waals surface area contributed by atoms with E-state index in [-0.39, 0.29) is 5.92 Å². The van der Waals surface area contributed by atoms with Gasteiger partial charge in [0, 0.05) is 32.2 Å². The maximum absolute atomic E-state index is 12.1.